The van der Waals surface area contributed by atoms with Crippen molar-refractivity contribution < 1.29 is 14.3 Å². The second-order valence-electron chi connectivity index (χ2n) is 6.03. The monoisotopic (exact) mass is 364 g/mol. The topological polar surface area (TPSA) is 85.3 Å². The fourth-order valence-electron chi connectivity index (χ4n) is 2.65. The first kappa shape index (κ1) is 18.2. The predicted octanol–water partition coefficient (Wildman–Crippen LogP) is 3.92. The van der Waals surface area contributed by atoms with Gasteiger partial charge in [-0.25, -0.2) is 9.48 Å². The highest BCUT2D eigenvalue weighted by Gasteiger charge is 2.09. The average Bonchev–Trinajstić information content (AvgIpc) is 3.01. The third kappa shape index (κ3) is 4.33. The van der Waals surface area contributed by atoms with Crippen LogP contribution in [0.2, 0.25) is 0 Å². The highest BCUT2D eigenvalue weighted by molar-refractivity contribution is 6.04. The van der Waals surface area contributed by atoms with Gasteiger partial charge in [0.15, 0.2) is 0 Å². The molecule has 3 rings (SSSR count). The number of rotatable bonds is 4. The summed E-state index contributed by atoms with van der Waals surface area (Å²) in [5.41, 5.74) is 4.62. The zero-order valence-electron chi connectivity index (χ0n) is 15.3. The summed E-state index contributed by atoms with van der Waals surface area (Å²) in [5.74, 6) is -0.219. The predicted molar refractivity (Wildman–Crippen MR) is 103 cm³/mol. The Morgan fingerprint density at radius 1 is 0.926 bits per heavy atom. The molecule has 2 aromatic carbocycles. The van der Waals surface area contributed by atoms with E-state index in [2.05, 4.69) is 20.5 Å². The van der Waals surface area contributed by atoms with Gasteiger partial charge >= 0.3 is 6.09 Å². The third-order valence-electron chi connectivity index (χ3n) is 3.96. The Morgan fingerprint density at radius 3 is 2.04 bits per heavy atom. The normalized spacial score (nSPS) is 10.3. The van der Waals surface area contributed by atoms with Crippen LogP contribution in [0.4, 0.5) is 16.2 Å². The number of nitrogens with one attached hydrogen (secondary N) is 2. The number of hydrogen-bond donors (Lipinski definition) is 2. The minimum Gasteiger partial charge on any atom is -0.453 e. The molecule has 0 aliphatic rings. The maximum absolute atomic E-state index is 12.4. The Hall–Kier alpha value is -3.61. The molecule has 0 aliphatic carbocycles. The number of aryl methyl sites for hydroxylation is 2. The van der Waals surface area contributed by atoms with E-state index in [4.69, 9.17) is 0 Å². The fourth-order valence-corrected chi connectivity index (χ4v) is 2.65. The molecule has 1 heterocycles. The summed E-state index contributed by atoms with van der Waals surface area (Å²) in [7, 11) is 1.30. The first-order chi connectivity index (χ1) is 13.0. The van der Waals surface area contributed by atoms with E-state index in [9.17, 15) is 9.59 Å². The third-order valence-corrected chi connectivity index (χ3v) is 3.96. The molecule has 0 radical (unpaired) electrons. The molecule has 2 N–H and O–H groups in total. The van der Waals surface area contributed by atoms with Crippen molar-refractivity contribution in [3.8, 4) is 5.69 Å². The Bertz CT molecular complexity index is 960. The Morgan fingerprint density at radius 2 is 1.52 bits per heavy atom. The fraction of sp³-hybridized carbons (Fsp3) is 0.150. The number of hydrogen-bond acceptors (Lipinski definition) is 4. The van der Waals surface area contributed by atoms with Gasteiger partial charge in [-0.05, 0) is 68.4 Å². The molecule has 1 aromatic heterocycles. The van der Waals surface area contributed by atoms with Crippen LogP contribution >= 0.6 is 0 Å². The molecule has 7 nitrogen and oxygen atoms in total. The molecule has 0 fully saturated rings. The van der Waals surface area contributed by atoms with E-state index in [-0.39, 0.29) is 5.91 Å². The average molecular weight is 364 g/mol. The second kappa shape index (κ2) is 7.74. The molecule has 0 saturated carbocycles. The lowest BCUT2D eigenvalue weighted by Crippen LogP contribution is -2.13. The van der Waals surface area contributed by atoms with Gasteiger partial charge in [-0.2, -0.15) is 5.10 Å². The van der Waals surface area contributed by atoms with Crippen LogP contribution in [0.25, 0.3) is 5.69 Å². The van der Waals surface area contributed by atoms with Crippen LogP contribution in [0.15, 0.2) is 54.6 Å². The molecular formula is C20H20N4O3. The van der Waals surface area contributed by atoms with E-state index < -0.39 is 6.09 Å². The number of aromatic nitrogens is 2. The van der Waals surface area contributed by atoms with Crippen LogP contribution in [0.1, 0.15) is 21.7 Å². The number of carbonyl (C=O) groups is 2. The lowest BCUT2D eigenvalue weighted by Gasteiger charge is -2.09. The molecule has 0 aliphatic heterocycles. The van der Waals surface area contributed by atoms with Gasteiger partial charge in [0.05, 0.1) is 18.5 Å². The molecule has 0 bridgehead atoms. The van der Waals surface area contributed by atoms with Gasteiger partial charge in [0.2, 0.25) is 0 Å². The van der Waals surface area contributed by atoms with Gasteiger partial charge in [0.1, 0.15) is 0 Å². The van der Waals surface area contributed by atoms with Crippen LogP contribution in [-0.2, 0) is 4.74 Å². The lowest BCUT2D eigenvalue weighted by atomic mass is 10.2. The smallest absolute Gasteiger partial charge is 0.411 e. The summed E-state index contributed by atoms with van der Waals surface area (Å²) in [6, 6.07) is 16.0. The molecule has 0 atom stereocenters. The van der Waals surface area contributed by atoms with E-state index in [1.165, 1.54) is 7.11 Å². The minimum absolute atomic E-state index is 0.219. The zero-order chi connectivity index (χ0) is 19.4. The van der Waals surface area contributed by atoms with Crippen molar-refractivity contribution in [2.24, 2.45) is 0 Å². The van der Waals surface area contributed by atoms with Crippen molar-refractivity contribution in [3.05, 3.63) is 71.5 Å². The number of ether oxygens (including phenoxy) is 1. The molecule has 27 heavy (non-hydrogen) atoms. The number of anilines is 2. The molecule has 0 unspecified atom stereocenters. The van der Waals surface area contributed by atoms with Crippen LogP contribution < -0.4 is 10.6 Å². The van der Waals surface area contributed by atoms with E-state index in [1.807, 2.05) is 36.7 Å². The number of carbonyl (C=O) groups excluding carboxylic acids is 2. The summed E-state index contributed by atoms with van der Waals surface area (Å²) in [4.78, 5) is 23.6. The molecule has 0 spiro atoms. The van der Waals surface area contributed by atoms with Crippen molar-refractivity contribution >= 4 is 23.4 Å². The van der Waals surface area contributed by atoms with Gasteiger partial charge < -0.3 is 10.1 Å². The first-order valence-electron chi connectivity index (χ1n) is 8.36. The van der Waals surface area contributed by atoms with Crippen molar-refractivity contribution in [3.63, 3.8) is 0 Å². The quantitative estimate of drug-likeness (QED) is 0.735. The van der Waals surface area contributed by atoms with Crippen molar-refractivity contribution in [1.29, 1.82) is 0 Å². The Labute approximate surface area is 157 Å². The molecular weight excluding hydrogens is 344 g/mol. The SMILES string of the molecule is COC(=O)Nc1ccc(NC(=O)c2ccc(-n3nc(C)cc3C)cc2)cc1. The van der Waals surface area contributed by atoms with E-state index in [0.29, 0.717) is 16.9 Å². The highest BCUT2D eigenvalue weighted by atomic mass is 16.5. The van der Waals surface area contributed by atoms with E-state index in [1.54, 1.807) is 36.4 Å². The summed E-state index contributed by atoms with van der Waals surface area (Å²) in [6.07, 6.45) is -0.547. The van der Waals surface area contributed by atoms with Gasteiger partial charge in [-0.1, -0.05) is 0 Å². The molecule has 3 aromatic rings. The molecule has 7 heteroatoms. The largest absolute Gasteiger partial charge is 0.453 e. The van der Waals surface area contributed by atoms with Crippen molar-refractivity contribution in [1.82, 2.24) is 9.78 Å². The summed E-state index contributed by atoms with van der Waals surface area (Å²) < 4.78 is 6.37. The Kier molecular flexibility index (Phi) is 5.21. The van der Waals surface area contributed by atoms with Crippen molar-refractivity contribution in [2.75, 3.05) is 17.7 Å². The van der Waals surface area contributed by atoms with Crippen LogP contribution in [0.5, 0.6) is 0 Å². The number of amides is 2. The number of benzene rings is 2. The van der Waals surface area contributed by atoms with Crippen molar-refractivity contribution in [2.45, 2.75) is 13.8 Å². The standard InChI is InChI=1S/C20H20N4O3/c1-13-12-14(2)24(23-13)18-10-4-15(5-11-18)19(25)21-16-6-8-17(9-7-16)22-20(26)27-3/h4-12H,1-3H3,(H,21,25)(H,22,26). The van der Waals surface area contributed by atoms with Crippen LogP contribution in [0, 0.1) is 13.8 Å². The minimum atomic E-state index is -0.547. The lowest BCUT2D eigenvalue weighted by molar-refractivity contribution is 0.102. The number of nitrogens with zero attached hydrogens (tertiary/aromatic N) is 2. The van der Waals surface area contributed by atoms with Gasteiger partial charge in [-0.3, -0.25) is 10.1 Å². The molecule has 138 valence electrons. The molecule has 2 amide bonds. The maximum Gasteiger partial charge on any atom is 0.411 e. The van der Waals surface area contributed by atoms with E-state index >= 15 is 0 Å². The second-order valence-corrected chi connectivity index (χ2v) is 6.03. The maximum atomic E-state index is 12.4. The van der Waals surface area contributed by atoms with Gasteiger partial charge in [0, 0.05) is 22.6 Å². The summed E-state index contributed by atoms with van der Waals surface area (Å²) >= 11 is 0. The zero-order valence-corrected chi connectivity index (χ0v) is 15.3. The van der Waals surface area contributed by atoms with Gasteiger partial charge in [0.25, 0.3) is 5.91 Å². The Balaban J connectivity index is 1.67. The summed E-state index contributed by atoms with van der Waals surface area (Å²) in [6.45, 7) is 3.93. The highest BCUT2D eigenvalue weighted by Crippen LogP contribution is 2.17. The van der Waals surface area contributed by atoms with E-state index in [0.717, 1.165) is 17.1 Å². The molecule has 0 saturated heterocycles. The summed E-state index contributed by atoms with van der Waals surface area (Å²) in [5, 5.41) is 9.81. The first-order valence-corrected chi connectivity index (χ1v) is 8.36. The van der Waals surface area contributed by atoms with Crippen LogP contribution in [0.3, 0.4) is 0 Å². The number of methoxy groups -OCH3 is 1. The van der Waals surface area contributed by atoms with Crippen LogP contribution in [-0.4, -0.2) is 28.9 Å². The van der Waals surface area contributed by atoms with Gasteiger partial charge in [-0.15, -0.1) is 0 Å².